The van der Waals surface area contributed by atoms with E-state index in [1.165, 1.54) is 38.5 Å². The molecule has 1 aliphatic heterocycles. The molecule has 0 bridgehead atoms. The minimum atomic E-state index is -0.354. The van der Waals surface area contributed by atoms with Crippen molar-refractivity contribution in [2.75, 3.05) is 26.2 Å². The highest BCUT2D eigenvalue weighted by Crippen LogP contribution is 2.27. The normalized spacial score (nSPS) is 20.8. The number of carbonyl (C=O) groups excluding carboxylic acids is 2. The van der Waals surface area contributed by atoms with Crippen molar-refractivity contribution >= 4 is 11.8 Å². The third kappa shape index (κ3) is 9.01. The number of hydrazine groups is 1. The number of carbonyl (C=O) groups is 2. The first-order valence-corrected chi connectivity index (χ1v) is 13.7. The van der Waals surface area contributed by atoms with Gasteiger partial charge in [-0.2, -0.15) is 0 Å². The van der Waals surface area contributed by atoms with Gasteiger partial charge in [0.25, 0.3) is 5.91 Å². The van der Waals surface area contributed by atoms with E-state index in [4.69, 9.17) is 0 Å². The van der Waals surface area contributed by atoms with Crippen LogP contribution in [0, 0.1) is 5.92 Å². The average Bonchev–Trinajstić information content (AvgIpc) is 3.17. The van der Waals surface area contributed by atoms with Gasteiger partial charge in [-0.1, -0.05) is 72.1 Å². The Labute approximate surface area is 197 Å². The van der Waals surface area contributed by atoms with E-state index in [2.05, 4.69) is 36.5 Å². The number of hydrogen-bond donors (Lipinski definition) is 2. The Morgan fingerprint density at radius 1 is 1.00 bits per heavy atom. The monoisotopic (exact) mass is 450 g/mol. The van der Waals surface area contributed by atoms with Crippen molar-refractivity contribution in [3.05, 3.63) is 0 Å². The fourth-order valence-corrected chi connectivity index (χ4v) is 5.20. The van der Waals surface area contributed by atoms with E-state index in [-0.39, 0.29) is 23.9 Å². The van der Waals surface area contributed by atoms with Gasteiger partial charge in [0.1, 0.15) is 6.04 Å². The van der Waals surface area contributed by atoms with Crippen molar-refractivity contribution in [3.63, 3.8) is 0 Å². The van der Waals surface area contributed by atoms with Gasteiger partial charge in [-0.25, -0.2) is 5.01 Å². The van der Waals surface area contributed by atoms with Gasteiger partial charge >= 0.3 is 0 Å². The number of likely N-dealkylation sites (tertiary alicyclic amines) is 1. The van der Waals surface area contributed by atoms with Gasteiger partial charge in [-0.15, -0.1) is 0 Å². The molecule has 2 aliphatic rings. The molecule has 0 aromatic carbocycles. The standard InChI is InChI=1S/C26H50N4O2/c1-4-7-19-29(20-8-5-2)28-25(31)24(13-6-3)30-21-17-23(26(30)32)27-18-12-16-22-14-10-9-11-15-22/h22-24,27H,4-21H2,1-3H3,(H,28,31)/t23-,24+/m1/s1. The summed E-state index contributed by atoms with van der Waals surface area (Å²) < 4.78 is 0. The van der Waals surface area contributed by atoms with Crippen LogP contribution < -0.4 is 10.7 Å². The van der Waals surface area contributed by atoms with Crippen LogP contribution in [0.15, 0.2) is 0 Å². The summed E-state index contributed by atoms with van der Waals surface area (Å²) in [5, 5.41) is 5.57. The second kappa shape index (κ2) is 15.7. The van der Waals surface area contributed by atoms with E-state index < -0.39 is 0 Å². The molecule has 1 heterocycles. The summed E-state index contributed by atoms with van der Waals surface area (Å²) >= 11 is 0. The summed E-state index contributed by atoms with van der Waals surface area (Å²) in [6.45, 7) is 9.78. The zero-order chi connectivity index (χ0) is 23.2. The number of rotatable bonds is 16. The van der Waals surface area contributed by atoms with E-state index >= 15 is 0 Å². The highest BCUT2D eigenvalue weighted by molar-refractivity contribution is 5.91. The molecule has 6 nitrogen and oxygen atoms in total. The molecule has 0 unspecified atom stereocenters. The van der Waals surface area contributed by atoms with E-state index in [0.717, 1.165) is 76.9 Å². The van der Waals surface area contributed by atoms with Gasteiger partial charge in [-0.3, -0.25) is 15.0 Å². The molecule has 0 spiro atoms. The second-order valence-electron chi connectivity index (χ2n) is 9.95. The molecule has 6 heteroatoms. The molecule has 0 radical (unpaired) electrons. The van der Waals surface area contributed by atoms with Gasteiger partial charge in [0.15, 0.2) is 0 Å². The van der Waals surface area contributed by atoms with E-state index in [1.54, 1.807) is 0 Å². The third-order valence-corrected chi connectivity index (χ3v) is 7.22. The Morgan fingerprint density at radius 2 is 1.69 bits per heavy atom. The molecule has 1 aliphatic carbocycles. The Kier molecular flexibility index (Phi) is 13.3. The highest BCUT2D eigenvalue weighted by atomic mass is 16.2. The van der Waals surface area contributed by atoms with Crippen LogP contribution in [0.2, 0.25) is 0 Å². The molecule has 1 saturated heterocycles. The summed E-state index contributed by atoms with van der Waals surface area (Å²) in [4.78, 5) is 28.1. The molecule has 2 amide bonds. The predicted molar refractivity (Wildman–Crippen MR) is 132 cm³/mol. The summed E-state index contributed by atoms with van der Waals surface area (Å²) in [5.74, 6) is 0.998. The van der Waals surface area contributed by atoms with Crippen LogP contribution in [0.3, 0.4) is 0 Å². The third-order valence-electron chi connectivity index (χ3n) is 7.22. The van der Waals surface area contributed by atoms with Crippen LogP contribution in [-0.2, 0) is 9.59 Å². The largest absolute Gasteiger partial charge is 0.329 e. The SMILES string of the molecule is CCCCN(CCCC)NC(=O)[C@H](CCC)N1CC[C@@H](NCCCC2CCCCC2)C1=O. The van der Waals surface area contributed by atoms with E-state index in [9.17, 15) is 9.59 Å². The average molecular weight is 451 g/mol. The Bertz CT molecular complexity index is 528. The number of nitrogens with one attached hydrogen (secondary N) is 2. The molecule has 1 saturated carbocycles. The second-order valence-corrected chi connectivity index (χ2v) is 9.95. The minimum Gasteiger partial charge on any atom is -0.329 e. The molecule has 2 fully saturated rings. The molecule has 32 heavy (non-hydrogen) atoms. The van der Waals surface area contributed by atoms with Crippen LogP contribution in [0.5, 0.6) is 0 Å². The first-order chi connectivity index (χ1) is 15.6. The van der Waals surface area contributed by atoms with Gasteiger partial charge < -0.3 is 10.2 Å². The highest BCUT2D eigenvalue weighted by Gasteiger charge is 2.38. The Hall–Kier alpha value is -1.14. The van der Waals surface area contributed by atoms with Crippen LogP contribution >= 0.6 is 0 Å². The van der Waals surface area contributed by atoms with Crippen LogP contribution in [0.4, 0.5) is 0 Å². The zero-order valence-electron chi connectivity index (χ0n) is 21.2. The molecular weight excluding hydrogens is 400 g/mol. The van der Waals surface area contributed by atoms with Crippen molar-refractivity contribution in [1.29, 1.82) is 0 Å². The zero-order valence-corrected chi connectivity index (χ0v) is 21.2. The molecular formula is C26H50N4O2. The molecule has 0 aromatic rings. The number of nitrogens with zero attached hydrogens (tertiary/aromatic N) is 2. The molecule has 0 aromatic heterocycles. The number of unbranched alkanes of at least 4 members (excludes halogenated alkanes) is 2. The number of hydrogen-bond acceptors (Lipinski definition) is 4. The van der Waals surface area contributed by atoms with Crippen molar-refractivity contribution in [3.8, 4) is 0 Å². The lowest BCUT2D eigenvalue weighted by Gasteiger charge is -2.30. The summed E-state index contributed by atoms with van der Waals surface area (Å²) in [6, 6.07) is -0.475. The van der Waals surface area contributed by atoms with Crippen molar-refractivity contribution < 1.29 is 9.59 Å². The van der Waals surface area contributed by atoms with Gasteiger partial charge in [0.05, 0.1) is 6.04 Å². The van der Waals surface area contributed by atoms with Gasteiger partial charge in [0.2, 0.25) is 5.91 Å². The maximum absolute atomic E-state index is 13.2. The predicted octanol–water partition coefficient (Wildman–Crippen LogP) is 4.64. The fourth-order valence-electron chi connectivity index (χ4n) is 5.20. The quantitative estimate of drug-likeness (QED) is 0.266. The topological polar surface area (TPSA) is 64.7 Å². The maximum atomic E-state index is 13.2. The lowest BCUT2D eigenvalue weighted by molar-refractivity contribution is -0.141. The summed E-state index contributed by atoms with van der Waals surface area (Å²) in [7, 11) is 0. The lowest BCUT2D eigenvalue weighted by Crippen LogP contribution is -2.54. The van der Waals surface area contributed by atoms with Crippen molar-refractivity contribution in [1.82, 2.24) is 20.7 Å². The van der Waals surface area contributed by atoms with Gasteiger partial charge in [0, 0.05) is 19.6 Å². The van der Waals surface area contributed by atoms with E-state index in [0.29, 0.717) is 6.54 Å². The van der Waals surface area contributed by atoms with Crippen LogP contribution in [-0.4, -0.2) is 60.0 Å². The molecule has 186 valence electrons. The van der Waals surface area contributed by atoms with Gasteiger partial charge in [-0.05, 0) is 51.0 Å². The smallest absolute Gasteiger partial charge is 0.257 e. The number of amides is 2. The Balaban J connectivity index is 1.82. The van der Waals surface area contributed by atoms with Crippen LogP contribution in [0.1, 0.15) is 111 Å². The van der Waals surface area contributed by atoms with Crippen molar-refractivity contribution in [2.24, 2.45) is 5.92 Å². The minimum absolute atomic E-state index is 0.00893. The first kappa shape index (κ1) is 27.1. The maximum Gasteiger partial charge on any atom is 0.257 e. The molecule has 2 rings (SSSR count). The lowest BCUT2D eigenvalue weighted by atomic mass is 9.86. The van der Waals surface area contributed by atoms with Crippen molar-refractivity contribution in [2.45, 2.75) is 123 Å². The first-order valence-electron chi connectivity index (χ1n) is 13.7. The Morgan fingerprint density at radius 3 is 2.31 bits per heavy atom. The molecule has 2 N–H and O–H groups in total. The molecule has 2 atom stereocenters. The van der Waals surface area contributed by atoms with Crippen LogP contribution in [0.25, 0.3) is 0 Å². The summed E-state index contributed by atoms with van der Waals surface area (Å²) in [6.07, 6.45) is 16.2. The summed E-state index contributed by atoms with van der Waals surface area (Å²) in [5.41, 5.74) is 3.15. The fraction of sp³-hybridized carbons (Fsp3) is 0.923. The van der Waals surface area contributed by atoms with E-state index in [1.807, 2.05) is 4.90 Å².